The first kappa shape index (κ1) is 32.4. The zero-order valence-electron chi connectivity index (χ0n) is 20.3. The molecule has 10 nitrogen and oxygen atoms in total. The summed E-state index contributed by atoms with van der Waals surface area (Å²) in [5, 5.41) is 31.3. The lowest BCUT2D eigenvalue weighted by Crippen LogP contribution is -3.00. The number of carbonyl (C=O) groups excluding carboxylic acids is 2. The number of aliphatic hydroxyl groups is 1. The summed E-state index contributed by atoms with van der Waals surface area (Å²) in [6.45, 7) is -0.103. The molecule has 2 aliphatic heterocycles. The third-order valence-corrected chi connectivity index (χ3v) is 9.93. The molecule has 4 N–H and O–H groups in total. The van der Waals surface area contributed by atoms with Gasteiger partial charge in [0, 0.05) is 38.5 Å². The SMILES string of the molecule is O=C(CSc1cc(Cl)ccc1Cl)N[C@@H]1C(=O)N2C(C(=O)O)=C(CSc3cc[n+](CC(O)C(=O)O)cc3)CS[C@H]12.[Cl-]. The lowest BCUT2D eigenvalue weighted by atomic mass is 10.0. The molecule has 3 heterocycles. The van der Waals surface area contributed by atoms with Gasteiger partial charge in [0.1, 0.15) is 17.1 Å². The minimum atomic E-state index is -1.52. The van der Waals surface area contributed by atoms with Gasteiger partial charge in [0.15, 0.2) is 18.9 Å². The number of carboxylic acid groups (broad SMARTS) is 2. The minimum Gasteiger partial charge on any atom is -1.00 e. The molecule has 16 heteroatoms. The molecule has 2 aromatic rings. The van der Waals surface area contributed by atoms with Gasteiger partial charge in [-0.25, -0.2) is 14.2 Å². The highest BCUT2D eigenvalue weighted by molar-refractivity contribution is 8.01. The van der Waals surface area contributed by atoms with Crippen molar-refractivity contribution in [3.05, 3.63) is 64.0 Å². The summed E-state index contributed by atoms with van der Waals surface area (Å²) in [6.07, 6.45) is 1.72. The van der Waals surface area contributed by atoms with Crippen LogP contribution in [0.15, 0.2) is 63.8 Å². The van der Waals surface area contributed by atoms with Crippen LogP contribution in [0.2, 0.25) is 10.0 Å². The number of β-lactam (4-membered cyclic amide) rings is 1. The molecule has 0 radical (unpaired) electrons. The smallest absolute Gasteiger partial charge is 0.352 e. The van der Waals surface area contributed by atoms with Gasteiger partial charge < -0.3 is 33.0 Å². The van der Waals surface area contributed by atoms with Crippen LogP contribution in [-0.2, 0) is 25.7 Å². The molecular formula is C24H22Cl3N3O7S3. The number of carboxylic acids is 2. The highest BCUT2D eigenvalue weighted by Crippen LogP contribution is 2.41. The molecule has 1 fully saturated rings. The summed E-state index contributed by atoms with van der Waals surface area (Å²) < 4.78 is 1.53. The normalized spacial score (nSPS) is 18.8. The number of aliphatic hydroxyl groups excluding tert-OH is 1. The highest BCUT2D eigenvalue weighted by atomic mass is 35.5. The number of aromatic nitrogens is 1. The summed E-state index contributed by atoms with van der Waals surface area (Å²) in [5.74, 6) is -2.68. The predicted octanol–water partition coefficient (Wildman–Crippen LogP) is -0.647. The Morgan fingerprint density at radius 2 is 1.85 bits per heavy atom. The largest absolute Gasteiger partial charge is 1.00 e. The maximum atomic E-state index is 12.9. The van der Waals surface area contributed by atoms with Gasteiger partial charge in [-0.05, 0) is 23.8 Å². The van der Waals surface area contributed by atoms with Crippen LogP contribution < -0.4 is 22.3 Å². The van der Waals surface area contributed by atoms with E-state index in [0.717, 1.165) is 4.90 Å². The average Bonchev–Trinajstić information content (AvgIpc) is 2.91. The van der Waals surface area contributed by atoms with E-state index in [0.29, 0.717) is 32.0 Å². The maximum absolute atomic E-state index is 12.9. The Morgan fingerprint density at radius 3 is 2.50 bits per heavy atom. The fraction of sp³-hybridized carbons (Fsp3) is 0.292. The lowest BCUT2D eigenvalue weighted by molar-refractivity contribution is -0.702. The Bertz CT molecular complexity index is 1350. The Labute approximate surface area is 257 Å². The average molecular weight is 667 g/mol. The van der Waals surface area contributed by atoms with Crippen molar-refractivity contribution in [2.45, 2.75) is 33.9 Å². The van der Waals surface area contributed by atoms with Crippen molar-refractivity contribution in [3.8, 4) is 0 Å². The molecule has 40 heavy (non-hydrogen) atoms. The van der Waals surface area contributed by atoms with Gasteiger partial charge >= 0.3 is 11.9 Å². The van der Waals surface area contributed by atoms with Crippen molar-refractivity contribution in [2.24, 2.45) is 0 Å². The van der Waals surface area contributed by atoms with E-state index in [9.17, 15) is 29.4 Å². The number of fused-ring (bicyclic) bond motifs is 1. The quantitative estimate of drug-likeness (QED) is 0.139. The molecule has 1 saturated heterocycles. The van der Waals surface area contributed by atoms with Crippen LogP contribution in [-0.4, -0.2) is 78.8 Å². The summed E-state index contributed by atoms with van der Waals surface area (Å²) in [6, 6.07) is 7.56. The topological polar surface area (TPSA) is 148 Å². The van der Waals surface area contributed by atoms with Gasteiger partial charge in [0.25, 0.3) is 5.91 Å². The van der Waals surface area contributed by atoms with Crippen molar-refractivity contribution in [2.75, 3.05) is 17.3 Å². The number of pyridine rings is 1. The number of carbonyl (C=O) groups is 4. The van der Waals surface area contributed by atoms with Gasteiger partial charge in [-0.3, -0.25) is 14.5 Å². The molecule has 3 atom stereocenters. The third kappa shape index (κ3) is 7.58. The number of benzene rings is 1. The molecule has 2 amide bonds. The molecule has 0 saturated carbocycles. The van der Waals surface area contributed by atoms with Crippen LogP contribution in [0.25, 0.3) is 0 Å². The van der Waals surface area contributed by atoms with Gasteiger partial charge in [-0.15, -0.1) is 35.3 Å². The second kappa shape index (κ2) is 14.2. The number of thioether (sulfide) groups is 3. The van der Waals surface area contributed by atoms with E-state index in [1.54, 1.807) is 42.7 Å². The van der Waals surface area contributed by atoms with Gasteiger partial charge in [-0.1, -0.05) is 23.2 Å². The lowest BCUT2D eigenvalue weighted by Gasteiger charge is -2.49. The van der Waals surface area contributed by atoms with E-state index in [-0.39, 0.29) is 36.3 Å². The van der Waals surface area contributed by atoms with Crippen molar-refractivity contribution < 1.29 is 51.5 Å². The molecule has 0 aliphatic carbocycles. The molecule has 0 spiro atoms. The predicted molar refractivity (Wildman–Crippen MR) is 148 cm³/mol. The maximum Gasteiger partial charge on any atom is 0.352 e. The van der Waals surface area contributed by atoms with Crippen LogP contribution in [0.3, 0.4) is 0 Å². The summed E-state index contributed by atoms with van der Waals surface area (Å²) in [7, 11) is 0. The first-order valence-electron chi connectivity index (χ1n) is 11.3. The Kier molecular flexibility index (Phi) is 11.5. The van der Waals surface area contributed by atoms with E-state index in [2.05, 4.69) is 5.32 Å². The van der Waals surface area contributed by atoms with Gasteiger partial charge in [0.05, 0.1) is 10.8 Å². The van der Waals surface area contributed by atoms with Crippen LogP contribution in [0, 0.1) is 0 Å². The zero-order chi connectivity index (χ0) is 28.3. The molecular weight excluding hydrogens is 645 g/mol. The van der Waals surface area contributed by atoms with Crippen LogP contribution in [0.1, 0.15) is 0 Å². The minimum absolute atomic E-state index is 0. The first-order chi connectivity index (χ1) is 18.5. The zero-order valence-corrected chi connectivity index (χ0v) is 25.0. The summed E-state index contributed by atoms with van der Waals surface area (Å²) in [5.41, 5.74) is 0.508. The Hall–Kier alpha value is -2.13. The molecule has 1 aromatic carbocycles. The van der Waals surface area contributed by atoms with Crippen molar-refractivity contribution in [1.29, 1.82) is 0 Å². The standard InChI is InChI=1S/C24H21Cl2N3O7S3.ClH/c25-13-1-2-15(26)17(7-13)38-11-18(31)27-19-21(32)29-20(24(35)36)12(10-39-22(19)29)9-37-14-3-5-28(6-4-14)8-16(30)23(33)34;/h1-7,16,19,22,30H,8-11H2,(H2-,27,31,33,34,35,36);1H/t16?,19-,22-;/m1./s1. The Balaban J connectivity index is 0.00000441. The van der Waals surface area contributed by atoms with E-state index in [1.807, 2.05) is 0 Å². The molecule has 1 aromatic heterocycles. The summed E-state index contributed by atoms with van der Waals surface area (Å²) >= 11 is 16.0. The van der Waals surface area contributed by atoms with E-state index >= 15 is 0 Å². The van der Waals surface area contributed by atoms with E-state index in [4.69, 9.17) is 28.3 Å². The van der Waals surface area contributed by atoms with Crippen molar-refractivity contribution >= 4 is 82.2 Å². The second-order valence-electron chi connectivity index (χ2n) is 8.45. The number of nitrogens with one attached hydrogen (secondary N) is 1. The summed E-state index contributed by atoms with van der Waals surface area (Å²) in [4.78, 5) is 51.0. The molecule has 0 bridgehead atoms. The molecule has 4 rings (SSSR count). The monoisotopic (exact) mass is 665 g/mol. The van der Waals surface area contributed by atoms with Crippen molar-refractivity contribution in [3.63, 3.8) is 0 Å². The first-order valence-corrected chi connectivity index (χ1v) is 15.1. The third-order valence-electron chi connectivity index (χ3n) is 5.76. The van der Waals surface area contributed by atoms with Gasteiger partial charge in [0.2, 0.25) is 12.0 Å². The van der Waals surface area contributed by atoms with Gasteiger partial charge in [-0.2, -0.15) is 0 Å². The van der Waals surface area contributed by atoms with E-state index in [1.165, 1.54) is 44.8 Å². The molecule has 214 valence electrons. The fourth-order valence-electron chi connectivity index (χ4n) is 3.85. The number of rotatable bonds is 11. The van der Waals surface area contributed by atoms with Crippen LogP contribution in [0.5, 0.6) is 0 Å². The fourth-order valence-corrected chi connectivity index (χ4v) is 7.52. The Morgan fingerprint density at radius 1 is 1.15 bits per heavy atom. The van der Waals surface area contributed by atoms with Crippen LogP contribution in [0.4, 0.5) is 0 Å². The number of amides is 2. The second-order valence-corrected chi connectivity index (χ2v) is 12.5. The number of hydrogen-bond donors (Lipinski definition) is 4. The number of halogens is 3. The molecule has 2 aliphatic rings. The number of aliphatic carboxylic acids is 2. The number of hydrogen-bond acceptors (Lipinski definition) is 8. The van der Waals surface area contributed by atoms with Crippen molar-refractivity contribution in [1.82, 2.24) is 10.2 Å². The van der Waals surface area contributed by atoms with E-state index < -0.39 is 35.4 Å². The highest BCUT2D eigenvalue weighted by Gasteiger charge is 2.54. The number of nitrogens with zero attached hydrogens (tertiary/aromatic N) is 2. The molecule has 1 unspecified atom stereocenters. The van der Waals surface area contributed by atoms with Crippen LogP contribution >= 0.6 is 58.5 Å².